The van der Waals surface area contributed by atoms with E-state index in [9.17, 15) is 9.18 Å². The molecule has 0 aliphatic carbocycles. The van der Waals surface area contributed by atoms with Crippen molar-refractivity contribution in [2.24, 2.45) is 0 Å². The SMILES string of the molecule is CCN1CCc2nc(NC(=O)c3nc(-c4cccs4)n(-c4cccc(F)c4)n3)sc2C1. The Morgan fingerprint density at radius 1 is 1.26 bits per heavy atom. The van der Waals surface area contributed by atoms with Crippen LogP contribution in [-0.4, -0.2) is 43.6 Å². The van der Waals surface area contributed by atoms with E-state index in [0.29, 0.717) is 16.6 Å². The lowest BCUT2D eigenvalue weighted by molar-refractivity contribution is 0.101. The molecule has 7 nitrogen and oxygen atoms in total. The molecule has 0 saturated carbocycles. The van der Waals surface area contributed by atoms with Gasteiger partial charge in [0, 0.05) is 24.4 Å². The first-order valence-electron chi connectivity index (χ1n) is 9.90. The molecule has 0 unspecified atom stereocenters. The number of nitrogens with one attached hydrogen (secondary N) is 1. The summed E-state index contributed by atoms with van der Waals surface area (Å²) in [6.07, 6.45) is 0.879. The molecule has 0 spiro atoms. The average molecular weight is 455 g/mol. The van der Waals surface area contributed by atoms with Crippen LogP contribution in [0.1, 0.15) is 28.1 Å². The predicted molar refractivity (Wildman–Crippen MR) is 119 cm³/mol. The van der Waals surface area contributed by atoms with Crippen molar-refractivity contribution in [2.45, 2.75) is 19.9 Å². The third-order valence-corrected chi connectivity index (χ3v) is 6.95. The Labute approximate surface area is 186 Å². The lowest BCUT2D eigenvalue weighted by Crippen LogP contribution is -2.29. The van der Waals surface area contributed by atoms with Crippen LogP contribution < -0.4 is 5.32 Å². The molecule has 31 heavy (non-hydrogen) atoms. The van der Waals surface area contributed by atoms with Gasteiger partial charge in [-0.2, -0.15) is 0 Å². The Hall–Kier alpha value is -2.95. The van der Waals surface area contributed by atoms with Crippen molar-refractivity contribution >= 4 is 33.7 Å². The summed E-state index contributed by atoms with van der Waals surface area (Å²) in [5, 5.41) is 9.69. The molecule has 0 fully saturated rings. The minimum atomic E-state index is -0.439. The summed E-state index contributed by atoms with van der Waals surface area (Å²) in [6, 6.07) is 9.84. The van der Waals surface area contributed by atoms with Gasteiger partial charge < -0.3 is 0 Å². The first-order valence-corrected chi connectivity index (χ1v) is 11.6. The second-order valence-corrected chi connectivity index (χ2v) is 9.12. The third-order valence-electron chi connectivity index (χ3n) is 5.08. The minimum Gasteiger partial charge on any atom is -0.298 e. The maximum Gasteiger partial charge on any atom is 0.297 e. The summed E-state index contributed by atoms with van der Waals surface area (Å²) in [5.41, 5.74) is 1.54. The number of fused-ring (bicyclic) bond motifs is 1. The van der Waals surface area contributed by atoms with E-state index in [1.165, 1.54) is 44.4 Å². The first kappa shape index (κ1) is 20.0. The van der Waals surface area contributed by atoms with Gasteiger partial charge in [-0.05, 0) is 36.2 Å². The summed E-state index contributed by atoms with van der Waals surface area (Å²) >= 11 is 2.96. The van der Waals surface area contributed by atoms with Crippen LogP contribution in [0.2, 0.25) is 0 Å². The minimum absolute atomic E-state index is 0.0102. The number of rotatable bonds is 5. The fourth-order valence-corrected chi connectivity index (χ4v) is 5.23. The number of carbonyl (C=O) groups is 1. The van der Waals surface area contributed by atoms with Crippen LogP contribution in [0, 0.1) is 5.82 Å². The molecule has 0 bridgehead atoms. The van der Waals surface area contributed by atoms with E-state index in [1.54, 1.807) is 12.1 Å². The summed E-state index contributed by atoms with van der Waals surface area (Å²) in [6.45, 7) is 4.96. The number of anilines is 1. The second kappa shape index (κ2) is 8.29. The normalized spacial score (nSPS) is 13.9. The number of amides is 1. The number of hydrogen-bond acceptors (Lipinski definition) is 7. The van der Waals surface area contributed by atoms with Crippen LogP contribution in [0.4, 0.5) is 9.52 Å². The van der Waals surface area contributed by atoms with Gasteiger partial charge in [0.05, 0.1) is 16.3 Å². The maximum atomic E-state index is 13.8. The molecule has 158 valence electrons. The zero-order valence-electron chi connectivity index (χ0n) is 16.7. The first-order chi connectivity index (χ1) is 15.1. The summed E-state index contributed by atoms with van der Waals surface area (Å²) in [4.78, 5) is 26.3. The van der Waals surface area contributed by atoms with Gasteiger partial charge in [0.1, 0.15) is 5.82 Å². The van der Waals surface area contributed by atoms with Gasteiger partial charge in [-0.25, -0.2) is 19.0 Å². The maximum absolute atomic E-state index is 13.8. The highest BCUT2D eigenvalue weighted by atomic mass is 32.1. The number of thiophene rings is 1. The molecular formula is C21H19FN6OS2. The van der Waals surface area contributed by atoms with Crippen LogP contribution in [-0.2, 0) is 13.0 Å². The summed E-state index contributed by atoms with van der Waals surface area (Å²) in [5.74, 6) is -0.323. The number of carbonyl (C=O) groups excluding carboxylic acids is 1. The van der Waals surface area contributed by atoms with Gasteiger partial charge in [0.25, 0.3) is 5.91 Å². The third kappa shape index (κ3) is 4.01. The molecule has 0 saturated heterocycles. The van der Waals surface area contributed by atoms with E-state index >= 15 is 0 Å². The molecule has 5 rings (SSSR count). The molecule has 1 aliphatic heterocycles. The molecule has 4 aromatic rings. The molecule has 10 heteroatoms. The topological polar surface area (TPSA) is 75.9 Å². The van der Waals surface area contributed by atoms with Crippen molar-refractivity contribution in [1.82, 2.24) is 24.6 Å². The average Bonchev–Trinajstić information content (AvgIpc) is 3.51. The van der Waals surface area contributed by atoms with Gasteiger partial charge in [0.15, 0.2) is 11.0 Å². The Bertz CT molecular complexity index is 1230. The Morgan fingerprint density at radius 3 is 2.94 bits per heavy atom. The van der Waals surface area contributed by atoms with Crippen molar-refractivity contribution in [3.05, 3.63) is 64.0 Å². The second-order valence-electron chi connectivity index (χ2n) is 7.09. The smallest absolute Gasteiger partial charge is 0.297 e. The highest BCUT2D eigenvalue weighted by Gasteiger charge is 2.23. The number of aromatic nitrogens is 4. The van der Waals surface area contributed by atoms with Gasteiger partial charge in [-0.3, -0.25) is 15.0 Å². The van der Waals surface area contributed by atoms with Crippen molar-refractivity contribution in [1.29, 1.82) is 0 Å². The van der Waals surface area contributed by atoms with Gasteiger partial charge in [-0.15, -0.1) is 27.8 Å². The van der Waals surface area contributed by atoms with Gasteiger partial charge in [-0.1, -0.05) is 19.1 Å². The lowest BCUT2D eigenvalue weighted by atomic mass is 10.2. The van der Waals surface area contributed by atoms with Gasteiger partial charge in [0.2, 0.25) is 5.82 Å². The zero-order chi connectivity index (χ0) is 21.4. The van der Waals surface area contributed by atoms with Crippen molar-refractivity contribution in [3.63, 3.8) is 0 Å². The quantitative estimate of drug-likeness (QED) is 0.489. The van der Waals surface area contributed by atoms with E-state index in [2.05, 4.69) is 32.2 Å². The van der Waals surface area contributed by atoms with Crippen molar-refractivity contribution in [3.8, 4) is 16.4 Å². The van der Waals surface area contributed by atoms with E-state index in [4.69, 9.17) is 0 Å². The largest absolute Gasteiger partial charge is 0.298 e. The molecule has 1 aliphatic rings. The fraction of sp³-hybridized carbons (Fsp3) is 0.238. The number of hydrogen-bond donors (Lipinski definition) is 1. The number of halogens is 1. The van der Waals surface area contributed by atoms with E-state index in [0.717, 1.165) is 36.6 Å². The molecule has 3 aromatic heterocycles. The van der Waals surface area contributed by atoms with Crippen LogP contribution in [0.25, 0.3) is 16.4 Å². The molecule has 4 heterocycles. The molecule has 1 N–H and O–H groups in total. The monoisotopic (exact) mass is 454 g/mol. The number of nitrogens with zero attached hydrogens (tertiary/aromatic N) is 5. The summed E-state index contributed by atoms with van der Waals surface area (Å²) in [7, 11) is 0. The molecule has 0 atom stereocenters. The van der Waals surface area contributed by atoms with Crippen molar-refractivity contribution in [2.75, 3.05) is 18.4 Å². The molecule has 1 amide bonds. The highest BCUT2D eigenvalue weighted by molar-refractivity contribution is 7.16. The van der Waals surface area contributed by atoms with Crippen LogP contribution in [0.15, 0.2) is 41.8 Å². The van der Waals surface area contributed by atoms with Crippen LogP contribution in [0.5, 0.6) is 0 Å². The van der Waals surface area contributed by atoms with Crippen LogP contribution in [0.3, 0.4) is 0 Å². The molecular weight excluding hydrogens is 435 g/mol. The Balaban J connectivity index is 1.45. The fourth-order valence-electron chi connectivity index (χ4n) is 3.49. The molecule has 1 aromatic carbocycles. The standard InChI is InChI=1S/C21H19FN6OS2/c1-2-27-9-8-15-17(12-27)31-21(23-15)25-20(29)18-24-19(16-7-4-10-30-16)28(26-18)14-6-3-5-13(22)11-14/h3-7,10-11H,2,8-9,12H2,1H3,(H,23,25,29). The van der Waals surface area contributed by atoms with E-state index < -0.39 is 5.91 Å². The van der Waals surface area contributed by atoms with Gasteiger partial charge >= 0.3 is 0 Å². The molecule has 0 radical (unpaired) electrons. The highest BCUT2D eigenvalue weighted by Crippen LogP contribution is 2.29. The van der Waals surface area contributed by atoms with Crippen LogP contribution >= 0.6 is 22.7 Å². The van der Waals surface area contributed by atoms with Crippen molar-refractivity contribution < 1.29 is 9.18 Å². The number of benzene rings is 1. The Morgan fingerprint density at radius 2 is 2.16 bits per heavy atom. The zero-order valence-corrected chi connectivity index (χ0v) is 18.3. The number of thiazole rings is 1. The predicted octanol–water partition coefficient (Wildman–Crippen LogP) is 4.22. The van der Waals surface area contributed by atoms with E-state index in [1.807, 2.05) is 17.5 Å². The summed E-state index contributed by atoms with van der Waals surface area (Å²) < 4.78 is 15.3. The Kier molecular flexibility index (Phi) is 5.34. The lowest BCUT2D eigenvalue weighted by Gasteiger charge is -2.23. The van der Waals surface area contributed by atoms with E-state index in [-0.39, 0.29) is 11.6 Å². The number of likely N-dealkylation sites (N-methyl/N-ethyl adjacent to an activating group) is 1.